The standard InChI is InChI=1S/C11H13ClN2O5S/c1-18-7-3-4-8(9(12)10(7)19-2)20(16,17)14-6-5-13-11(14)15/h3-4H,5-6H2,1-2H3,(H,13,15). The molecule has 0 radical (unpaired) electrons. The summed E-state index contributed by atoms with van der Waals surface area (Å²) in [6.45, 7) is 0.328. The van der Waals surface area contributed by atoms with Crippen molar-refractivity contribution in [3.8, 4) is 11.5 Å². The SMILES string of the molecule is COc1ccc(S(=O)(=O)N2CCNC2=O)c(Cl)c1OC. The topological polar surface area (TPSA) is 84.9 Å². The molecular formula is C11H13ClN2O5S. The molecule has 0 saturated carbocycles. The summed E-state index contributed by atoms with van der Waals surface area (Å²) in [6, 6.07) is 2.03. The number of nitrogens with one attached hydrogen (secondary N) is 1. The molecule has 1 saturated heterocycles. The van der Waals surface area contributed by atoms with E-state index < -0.39 is 16.1 Å². The van der Waals surface area contributed by atoms with E-state index in [9.17, 15) is 13.2 Å². The predicted octanol–water partition coefficient (Wildman–Crippen LogP) is 1.07. The fraction of sp³-hybridized carbons (Fsp3) is 0.364. The maximum absolute atomic E-state index is 12.4. The van der Waals surface area contributed by atoms with Crippen molar-refractivity contribution in [2.24, 2.45) is 0 Å². The van der Waals surface area contributed by atoms with Gasteiger partial charge in [-0.15, -0.1) is 0 Å². The fourth-order valence-electron chi connectivity index (χ4n) is 1.87. The van der Waals surface area contributed by atoms with E-state index in [4.69, 9.17) is 21.1 Å². The van der Waals surface area contributed by atoms with Crippen LogP contribution >= 0.6 is 11.6 Å². The summed E-state index contributed by atoms with van der Waals surface area (Å²) in [5.41, 5.74) is 0. The Labute approximate surface area is 121 Å². The number of hydrogen-bond donors (Lipinski definition) is 1. The largest absolute Gasteiger partial charge is 0.493 e. The minimum Gasteiger partial charge on any atom is -0.493 e. The van der Waals surface area contributed by atoms with Gasteiger partial charge in [-0.3, -0.25) is 0 Å². The number of amides is 2. The second-order valence-electron chi connectivity index (χ2n) is 3.92. The minimum atomic E-state index is -4.02. The first kappa shape index (κ1) is 14.7. The summed E-state index contributed by atoms with van der Waals surface area (Å²) in [5.74, 6) is 0.414. The lowest BCUT2D eigenvalue weighted by Crippen LogP contribution is -2.34. The number of methoxy groups -OCH3 is 2. The lowest BCUT2D eigenvalue weighted by Gasteiger charge is -2.18. The van der Waals surface area contributed by atoms with Crippen LogP contribution in [0.15, 0.2) is 17.0 Å². The lowest BCUT2D eigenvalue weighted by atomic mass is 10.3. The van der Waals surface area contributed by atoms with Gasteiger partial charge in [-0.25, -0.2) is 17.5 Å². The van der Waals surface area contributed by atoms with Crippen molar-refractivity contribution in [1.82, 2.24) is 9.62 Å². The predicted molar refractivity (Wildman–Crippen MR) is 71.8 cm³/mol. The summed E-state index contributed by atoms with van der Waals surface area (Å²) < 4.78 is 35.7. The van der Waals surface area contributed by atoms with Crippen molar-refractivity contribution in [1.29, 1.82) is 0 Å². The van der Waals surface area contributed by atoms with Gasteiger partial charge in [0.2, 0.25) is 0 Å². The number of sulfonamides is 1. The van der Waals surface area contributed by atoms with Gasteiger partial charge in [-0.2, -0.15) is 0 Å². The Kier molecular flexibility index (Phi) is 3.96. The van der Waals surface area contributed by atoms with Crippen LogP contribution in [0.3, 0.4) is 0 Å². The van der Waals surface area contributed by atoms with Gasteiger partial charge in [-0.05, 0) is 12.1 Å². The number of urea groups is 1. The number of carbonyl (C=O) groups excluding carboxylic acids is 1. The molecule has 0 bridgehead atoms. The number of halogens is 1. The van der Waals surface area contributed by atoms with E-state index in [1.807, 2.05) is 0 Å². The van der Waals surface area contributed by atoms with E-state index in [0.717, 1.165) is 4.31 Å². The molecule has 0 unspecified atom stereocenters. The van der Waals surface area contributed by atoms with Crippen molar-refractivity contribution in [3.63, 3.8) is 0 Å². The van der Waals surface area contributed by atoms with Gasteiger partial charge < -0.3 is 14.8 Å². The Morgan fingerprint density at radius 3 is 2.50 bits per heavy atom. The zero-order valence-electron chi connectivity index (χ0n) is 10.8. The van der Waals surface area contributed by atoms with Gasteiger partial charge in [0.05, 0.1) is 20.8 Å². The van der Waals surface area contributed by atoms with Gasteiger partial charge >= 0.3 is 6.03 Å². The Bertz CT molecular complexity index is 646. The molecule has 1 aliphatic rings. The molecule has 2 rings (SSSR count). The molecule has 0 spiro atoms. The summed E-state index contributed by atoms with van der Waals surface area (Å²) >= 11 is 6.06. The van der Waals surface area contributed by atoms with Crippen LogP contribution in [-0.2, 0) is 10.0 Å². The molecule has 1 aromatic carbocycles. The summed E-state index contributed by atoms with van der Waals surface area (Å²) in [6.07, 6.45) is 0. The summed E-state index contributed by atoms with van der Waals surface area (Å²) in [4.78, 5) is 11.3. The van der Waals surface area contributed by atoms with Crippen molar-refractivity contribution in [3.05, 3.63) is 17.2 Å². The number of benzene rings is 1. The highest BCUT2D eigenvalue weighted by Gasteiger charge is 2.35. The number of nitrogens with zero attached hydrogens (tertiary/aromatic N) is 1. The summed E-state index contributed by atoms with van der Waals surface area (Å²) in [7, 11) is -1.26. The third kappa shape index (κ3) is 2.25. The number of carbonyl (C=O) groups is 1. The minimum absolute atomic E-state index is 0.0613. The first-order valence-corrected chi connectivity index (χ1v) is 7.46. The van der Waals surface area contributed by atoms with E-state index in [0.29, 0.717) is 5.75 Å². The molecule has 1 aliphatic heterocycles. The van der Waals surface area contributed by atoms with E-state index >= 15 is 0 Å². The molecule has 0 aliphatic carbocycles. The van der Waals surface area contributed by atoms with Gasteiger partial charge in [0.25, 0.3) is 10.0 Å². The Morgan fingerprint density at radius 1 is 1.30 bits per heavy atom. The molecule has 9 heteroatoms. The van der Waals surface area contributed by atoms with E-state index in [1.165, 1.54) is 26.4 Å². The van der Waals surface area contributed by atoms with Gasteiger partial charge in [0.1, 0.15) is 9.92 Å². The average molecular weight is 321 g/mol. The lowest BCUT2D eigenvalue weighted by molar-refractivity contribution is 0.236. The van der Waals surface area contributed by atoms with Crippen LogP contribution in [0.1, 0.15) is 0 Å². The number of rotatable bonds is 4. The van der Waals surface area contributed by atoms with Crippen LogP contribution < -0.4 is 14.8 Å². The highest BCUT2D eigenvalue weighted by Crippen LogP contribution is 2.40. The van der Waals surface area contributed by atoms with Gasteiger partial charge in [-0.1, -0.05) is 11.6 Å². The Morgan fingerprint density at radius 2 is 2.00 bits per heavy atom. The third-order valence-electron chi connectivity index (χ3n) is 2.84. The van der Waals surface area contributed by atoms with Crippen molar-refractivity contribution in [2.45, 2.75) is 4.90 Å². The van der Waals surface area contributed by atoms with Crippen LogP contribution in [0.25, 0.3) is 0 Å². The van der Waals surface area contributed by atoms with Crippen LogP contribution in [0.2, 0.25) is 5.02 Å². The van der Waals surface area contributed by atoms with E-state index in [-0.39, 0.29) is 28.8 Å². The molecule has 0 aromatic heterocycles. The van der Waals surface area contributed by atoms with Crippen molar-refractivity contribution < 1.29 is 22.7 Å². The second-order valence-corrected chi connectivity index (χ2v) is 6.13. The van der Waals surface area contributed by atoms with Crippen molar-refractivity contribution in [2.75, 3.05) is 27.3 Å². The molecule has 1 heterocycles. The van der Waals surface area contributed by atoms with Gasteiger partial charge in [0, 0.05) is 6.54 Å². The maximum Gasteiger partial charge on any atom is 0.331 e. The smallest absolute Gasteiger partial charge is 0.331 e. The zero-order chi connectivity index (χ0) is 14.9. The van der Waals surface area contributed by atoms with Crippen molar-refractivity contribution >= 4 is 27.7 Å². The summed E-state index contributed by atoms with van der Waals surface area (Å²) in [5, 5.41) is 2.31. The molecule has 7 nitrogen and oxygen atoms in total. The highest BCUT2D eigenvalue weighted by molar-refractivity contribution is 7.89. The first-order valence-electron chi connectivity index (χ1n) is 5.64. The maximum atomic E-state index is 12.4. The van der Waals surface area contributed by atoms with Gasteiger partial charge in [0.15, 0.2) is 11.5 Å². The Balaban J connectivity index is 2.55. The van der Waals surface area contributed by atoms with E-state index in [2.05, 4.69) is 5.32 Å². The fourth-order valence-corrected chi connectivity index (χ4v) is 3.81. The Hall–Kier alpha value is -1.67. The molecule has 1 fully saturated rings. The van der Waals surface area contributed by atoms with Crippen LogP contribution in [-0.4, -0.2) is 46.1 Å². The normalized spacial score (nSPS) is 15.2. The third-order valence-corrected chi connectivity index (χ3v) is 5.15. The second kappa shape index (κ2) is 5.37. The first-order chi connectivity index (χ1) is 9.43. The molecule has 0 atom stereocenters. The number of ether oxygens (including phenoxy) is 2. The molecule has 1 aromatic rings. The van der Waals surface area contributed by atoms with Crippen LogP contribution in [0, 0.1) is 0 Å². The highest BCUT2D eigenvalue weighted by atomic mass is 35.5. The van der Waals surface area contributed by atoms with Crippen LogP contribution in [0.4, 0.5) is 4.79 Å². The quantitative estimate of drug-likeness (QED) is 0.897. The molecule has 110 valence electrons. The monoisotopic (exact) mass is 320 g/mol. The average Bonchev–Trinajstić information content (AvgIpc) is 2.84. The molecule has 20 heavy (non-hydrogen) atoms. The molecule has 2 amide bonds. The molecular weight excluding hydrogens is 308 g/mol. The number of hydrogen-bond acceptors (Lipinski definition) is 5. The van der Waals surface area contributed by atoms with Crippen LogP contribution in [0.5, 0.6) is 11.5 Å². The zero-order valence-corrected chi connectivity index (χ0v) is 12.4. The van der Waals surface area contributed by atoms with E-state index in [1.54, 1.807) is 0 Å². The molecule has 1 N–H and O–H groups in total.